The summed E-state index contributed by atoms with van der Waals surface area (Å²) in [5.74, 6) is 0. The molecule has 0 atom stereocenters. The van der Waals surface area contributed by atoms with Crippen molar-refractivity contribution in [1.82, 2.24) is 0 Å². The molecule has 0 aliphatic heterocycles. The Hall–Kier alpha value is -1.24. The number of rotatable bonds is 1. The first kappa shape index (κ1) is 13.8. The van der Waals surface area contributed by atoms with Gasteiger partial charge in [0.05, 0.1) is 16.1 Å². The molecule has 1 aromatic carbocycles. The predicted molar refractivity (Wildman–Crippen MR) is 46.8 cm³/mol. The molecule has 0 amide bonds. The van der Waals surface area contributed by atoms with Crippen LogP contribution in [0, 0.1) is 0 Å². The second-order valence-electron chi connectivity index (χ2n) is 3.04. The summed E-state index contributed by atoms with van der Waals surface area (Å²) in [6.45, 7) is 0. The summed E-state index contributed by atoms with van der Waals surface area (Å²) in [6, 6.07) is 0.647. The van der Waals surface area contributed by atoms with Crippen molar-refractivity contribution < 1.29 is 31.1 Å². The molecule has 1 nitrogen and oxygen atoms in total. The topological polar surface area (TPSA) is 17.1 Å². The van der Waals surface area contributed by atoms with Gasteiger partial charge in [-0.3, -0.25) is 4.79 Å². The Morgan fingerprint density at radius 2 is 1.53 bits per heavy atom. The van der Waals surface area contributed by atoms with Crippen LogP contribution in [0.3, 0.4) is 0 Å². The van der Waals surface area contributed by atoms with Crippen molar-refractivity contribution in [2.24, 2.45) is 0 Å². The maximum atomic E-state index is 12.4. The second-order valence-corrected chi connectivity index (χ2v) is 3.45. The molecule has 0 bridgehead atoms. The molecule has 1 rings (SSSR count). The van der Waals surface area contributed by atoms with Crippen molar-refractivity contribution in [3.8, 4) is 0 Å². The highest BCUT2D eigenvalue weighted by atomic mass is 35.5. The van der Waals surface area contributed by atoms with E-state index in [1.54, 1.807) is 0 Å². The maximum absolute atomic E-state index is 12.4. The van der Waals surface area contributed by atoms with E-state index in [2.05, 4.69) is 0 Å². The van der Waals surface area contributed by atoms with Crippen LogP contribution in [0.15, 0.2) is 12.1 Å². The molecule has 0 aliphatic carbocycles. The number of hydrogen-bond donors (Lipinski definition) is 0. The lowest BCUT2D eigenvalue weighted by molar-refractivity contribution is -0.162. The summed E-state index contributed by atoms with van der Waals surface area (Å²) in [6.07, 6.45) is -10.5. The fourth-order valence-electron chi connectivity index (χ4n) is 1.21. The van der Waals surface area contributed by atoms with Crippen molar-refractivity contribution in [3.05, 3.63) is 33.8 Å². The lowest BCUT2D eigenvalue weighted by atomic mass is 10.0. The molecule has 0 fully saturated rings. The van der Waals surface area contributed by atoms with Gasteiger partial charge >= 0.3 is 12.4 Å². The average molecular weight is 277 g/mol. The SMILES string of the molecule is O=Cc1cc(Cl)c(C(F)(F)F)c(C(F)(F)F)c1. The lowest BCUT2D eigenvalue weighted by Gasteiger charge is -2.17. The number of benzene rings is 1. The third-order valence-corrected chi connectivity index (χ3v) is 2.14. The first-order chi connectivity index (χ1) is 7.57. The van der Waals surface area contributed by atoms with E-state index < -0.39 is 34.1 Å². The monoisotopic (exact) mass is 276 g/mol. The Morgan fingerprint density at radius 3 is 1.88 bits per heavy atom. The zero-order valence-corrected chi connectivity index (χ0v) is 8.54. The average Bonchev–Trinajstić information content (AvgIpc) is 2.12. The minimum atomic E-state index is -5.25. The molecule has 0 radical (unpaired) electrons. The highest BCUT2D eigenvalue weighted by Gasteiger charge is 2.45. The van der Waals surface area contributed by atoms with Crippen molar-refractivity contribution in [2.45, 2.75) is 12.4 Å². The summed E-state index contributed by atoms with van der Waals surface area (Å²) in [5.41, 5.74) is -4.54. The number of carbonyl (C=O) groups excluding carboxylic acids is 1. The molecular weight excluding hydrogens is 274 g/mol. The van der Waals surface area contributed by atoms with Gasteiger partial charge in [-0.05, 0) is 12.1 Å². The van der Waals surface area contributed by atoms with Crippen LogP contribution >= 0.6 is 11.6 Å². The van der Waals surface area contributed by atoms with E-state index in [1.807, 2.05) is 0 Å². The molecule has 1 aromatic rings. The Balaban J connectivity index is 3.63. The van der Waals surface area contributed by atoms with E-state index in [0.717, 1.165) is 0 Å². The Labute approximate surface area is 96.0 Å². The first-order valence-corrected chi connectivity index (χ1v) is 4.38. The molecule has 0 aliphatic rings. The molecule has 0 aromatic heterocycles. The highest BCUT2D eigenvalue weighted by molar-refractivity contribution is 6.31. The van der Waals surface area contributed by atoms with Crippen LogP contribution in [0.1, 0.15) is 21.5 Å². The fraction of sp³-hybridized carbons (Fsp3) is 0.222. The van der Waals surface area contributed by atoms with Gasteiger partial charge in [0.25, 0.3) is 0 Å². The number of halogens is 7. The molecule has 0 heterocycles. The number of carbonyl (C=O) groups is 1. The summed E-state index contributed by atoms with van der Waals surface area (Å²) in [4.78, 5) is 10.3. The Bertz CT molecular complexity index is 448. The normalized spacial score (nSPS) is 12.6. The highest BCUT2D eigenvalue weighted by Crippen LogP contribution is 2.44. The lowest BCUT2D eigenvalue weighted by Crippen LogP contribution is -2.17. The van der Waals surface area contributed by atoms with Gasteiger partial charge in [-0.15, -0.1) is 0 Å². The van der Waals surface area contributed by atoms with E-state index in [9.17, 15) is 31.1 Å². The van der Waals surface area contributed by atoms with E-state index in [4.69, 9.17) is 11.6 Å². The molecular formula is C9H3ClF6O. The minimum Gasteiger partial charge on any atom is -0.298 e. The third kappa shape index (κ3) is 2.91. The van der Waals surface area contributed by atoms with Crippen LogP contribution in [0.4, 0.5) is 26.3 Å². The molecule has 0 saturated carbocycles. The van der Waals surface area contributed by atoms with Gasteiger partial charge in [0.1, 0.15) is 6.29 Å². The number of alkyl halides is 6. The van der Waals surface area contributed by atoms with Gasteiger partial charge in [0.15, 0.2) is 0 Å². The van der Waals surface area contributed by atoms with E-state index >= 15 is 0 Å². The summed E-state index contributed by atoms with van der Waals surface area (Å²) in [5, 5.41) is -1.16. The zero-order valence-electron chi connectivity index (χ0n) is 7.79. The Kier molecular flexibility index (Phi) is 3.42. The van der Waals surface area contributed by atoms with Crippen molar-refractivity contribution in [2.75, 3.05) is 0 Å². The summed E-state index contributed by atoms with van der Waals surface area (Å²) >= 11 is 5.13. The quantitative estimate of drug-likeness (QED) is 0.555. The van der Waals surface area contributed by atoms with Crippen LogP contribution in [-0.4, -0.2) is 6.29 Å². The first-order valence-electron chi connectivity index (χ1n) is 4.00. The second kappa shape index (κ2) is 4.21. The van der Waals surface area contributed by atoms with E-state index in [1.165, 1.54) is 0 Å². The smallest absolute Gasteiger partial charge is 0.298 e. The largest absolute Gasteiger partial charge is 0.418 e. The van der Waals surface area contributed by atoms with Gasteiger partial charge in [-0.25, -0.2) is 0 Å². The number of hydrogen-bond acceptors (Lipinski definition) is 1. The zero-order chi connectivity index (χ0) is 13.4. The molecule has 17 heavy (non-hydrogen) atoms. The van der Waals surface area contributed by atoms with Crippen LogP contribution in [-0.2, 0) is 12.4 Å². The predicted octanol–water partition coefficient (Wildman–Crippen LogP) is 4.19. The van der Waals surface area contributed by atoms with Gasteiger partial charge in [-0.1, -0.05) is 11.6 Å². The van der Waals surface area contributed by atoms with Crippen LogP contribution in [0.25, 0.3) is 0 Å². The molecule has 0 unspecified atom stereocenters. The standard InChI is InChI=1S/C9H3ClF6O/c10-6-2-4(3-17)1-5(8(11,12)13)7(6)9(14,15)16/h1-3H. The number of aldehydes is 1. The van der Waals surface area contributed by atoms with Crippen LogP contribution < -0.4 is 0 Å². The summed E-state index contributed by atoms with van der Waals surface area (Å²) in [7, 11) is 0. The van der Waals surface area contributed by atoms with E-state index in [-0.39, 0.29) is 12.4 Å². The molecule has 8 heteroatoms. The van der Waals surface area contributed by atoms with Gasteiger partial charge in [0.2, 0.25) is 0 Å². The van der Waals surface area contributed by atoms with Crippen molar-refractivity contribution in [3.63, 3.8) is 0 Å². The molecule has 0 spiro atoms. The fourth-order valence-corrected chi connectivity index (χ4v) is 1.54. The van der Waals surface area contributed by atoms with E-state index in [0.29, 0.717) is 6.07 Å². The van der Waals surface area contributed by atoms with Gasteiger partial charge in [0, 0.05) is 5.56 Å². The molecule has 0 saturated heterocycles. The van der Waals surface area contributed by atoms with Gasteiger partial charge in [-0.2, -0.15) is 26.3 Å². The maximum Gasteiger partial charge on any atom is 0.418 e. The van der Waals surface area contributed by atoms with Crippen molar-refractivity contribution in [1.29, 1.82) is 0 Å². The Morgan fingerprint density at radius 1 is 1.00 bits per heavy atom. The molecule has 94 valence electrons. The van der Waals surface area contributed by atoms with Crippen molar-refractivity contribution >= 4 is 17.9 Å². The van der Waals surface area contributed by atoms with Gasteiger partial charge < -0.3 is 0 Å². The summed E-state index contributed by atoms with van der Waals surface area (Å²) < 4.78 is 74.4. The van der Waals surface area contributed by atoms with Crippen LogP contribution in [0.2, 0.25) is 5.02 Å². The van der Waals surface area contributed by atoms with Crippen LogP contribution in [0.5, 0.6) is 0 Å². The molecule has 0 N–H and O–H groups in total. The minimum absolute atomic E-state index is 0.0126. The third-order valence-electron chi connectivity index (χ3n) is 1.84.